The third kappa shape index (κ3) is 5.01. The standard InChI is InChI=1S/C25H18F4N2O2/c1-15-11-16(5-9-21(15)25(27,28)29)6-10-23-30-24(31-33-23)20-8-7-19(13-22(20)26)18-4-2-3-17(12-18)14-32/h2-13,32H,14H2,1H3/b10-6+. The zero-order valence-corrected chi connectivity index (χ0v) is 17.4. The molecular weight excluding hydrogens is 436 g/mol. The molecule has 4 rings (SSSR count). The number of halogens is 4. The first-order chi connectivity index (χ1) is 15.7. The van der Waals surface area contributed by atoms with Gasteiger partial charge in [-0.05, 0) is 65.1 Å². The lowest BCUT2D eigenvalue weighted by Crippen LogP contribution is -2.07. The van der Waals surface area contributed by atoms with E-state index in [4.69, 9.17) is 4.52 Å². The molecule has 0 spiro atoms. The molecule has 0 unspecified atom stereocenters. The molecule has 0 bridgehead atoms. The van der Waals surface area contributed by atoms with Gasteiger partial charge in [-0.25, -0.2) is 4.39 Å². The van der Waals surface area contributed by atoms with E-state index in [0.29, 0.717) is 11.1 Å². The van der Waals surface area contributed by atoms with Crippen molar-refractivity contribution in [1.82, 2.24) is 10.1 Å². The van der Waals surface area contributed by atoms with Crippen molar-refractivity contribution < 1.29 is 27.2 Å². The van der Waals surface area contributed by atoms with Crippen molar-refractivity contribution in [3.63, 3.8) is 0 Å². The summed E-state index contributed by atoms with van der Waals surface area (Å²) in [6.07, 6.45) is -1.42. The van der Waals surface area contributed by atoms with E-state index in [1.54, 1.807) is 24.3 Å². The van der Waals surface area contributed by atoms with Crippen LogP contribution in [-0.4, -0.2) is 15.2 Å². The molecule has 3 aromatic carbocycles. The molecule has 0 aliphatic carbocycles. The van der Waals surface area contributed by atoms with Gasteiger partial charge in [-0.15, -0.1) is 0 Å². The van der Waals surface area contributed by atoms with E-state index < -0.39 is 17.6 Å². The normalized spacial score (nSPS) is 11.9. The molecule has 0 radical (unpaired) electrons. The van der Waals surface area contributed by atoms with Crippen LogP contribution in [0, 0.1) is 12.7 Å². The van der Waals surface area contributed by atoms with Gasteiger partial charge in [0.15, 0.2) is 0 Å². The lowest BCUT2D eigenvalue weighted by atomic mass is 10.0. The highest BCUT2D eigenvalue weighted by Gasteiger charge is 2.31. The van der Waals surface area contributed by atoms with Gasteiger partial charge in [-0.3, -0.25) is 0 Å². The summed E-state index contributed by atoms with van der Waals surface area (Å²) >= 11 is 0. The maximum Gasteiger partial charge on any atom is 0.416 e. The van der Waals surface area contributed by atoms with Gasteiger partial charge in [0.25, 0.3) is 5.89 Å². The first kappa shape index (κ1) is 22.4. The van der Waals surface area contributed by atoms with Crippen LogP contribution >= 0.6 is 0 Å². The average molecular weight is 454 g/mol. The molecule has 0 aliphatic heterocycles. The fourth-order valence-corrected chi connectivity index (χ4v) is 3.41. The third-order valence-electron chi connectivity index (χ3n) is 5.07. The zero-order valence-electron chi connectivity index (χ0n) is 17.4. The molecule has 0 saturated carbocycles. The van der Waals surface area contributed by atoms with Gasteiger partial charge in [0.2, 0.25) is 5.82 Å². The molecule has 1 heterocycles. The smallest absolute Gasteiger partial charge is 0.392 e. The van der Waals surface area contributed by atoms with Gasteiger partial charge in [0.05, 0.1) is 17.7 Å². The third-order valence-corrected chi connectivity index (χ3v) is 5.07. The Labute approximate surface area is 186 Å². The van der Waals surface area contributed by atoms with Crippen molar-refractivity contribution in [3.8, 4) is 22.5 Å². The fraction of sp³-hybridized carbons (Fsp3) is 0.120. The Hall–Kier alpha value is -3.78. The quantitative estimate of drug-likeness (QED) is 0.348. The number of aromatic nitrogens is 2. The van der Waals surface area contributed by atoms with E-state index in [0.717, 1.165) is 17.2 Å². The molecule has 0 fully saturated rings. The number of aliphatic hydroxyl groups is 1. The van der Waals surface area contributed by atoms with Gasteiger partial charge in [0.1, 0.15) is 5.82 Å². The summed E-state index contributed by atoms with van der Waals surface area (Å²) in [5.74, 6) is -0.412. The minimum atomic E-state index is -4.41. The number of hydrogen-bond donors (Lipinski definition) is 1. The SMILES string of the molecule is Cc1cc(/C=C/c2nc(-c3ccc(-c4cccc(CO)c4)cc3F)no2)ccc1C(F)(F)F. The van der Waals surface area contributed by atoms with E-state index in [1.807, 2.05) is 6.07 Å². The van der Waals surface area contributed by atoms with Crippen molar-refractivity contribution >= 4 is 12.2 Å². The van der Waals surface area contributed by atoms with Crippen molar-refractivity contribution in [2.45, 2.75) is 19.7 Å². The largest absolute Gasteiger partial charge is 0.416 e. The molecule has 0 aliphatic rings. The predicted molar refractivity (Wildman–Crippen MR) is 116 cm³/mol. The van der Waals surface area contributed by atoms with Crippen LogP contribution in [0.25, 0.3) is 34.7 Å². The summed E-state index contributed by atoms with van der Waals surface area (Å²) in [5, 5.41) is 13.1. The summed E-state index contributed by atoms with van der Waals surface area (Å²) in [6.45, 7) is 1.27. The van der Waals surface area contributed by atoms with Crippen LogP contribution in [0.2, 0.25) is 0 Å². The highest BCUT2D eigenvalue weighted by molar-refractivity contribution is 5.70. The number of alkyl halides is 3. The average Bonchev–Trinajstić information content (AvgIpc) is 3.25. The van der Waals surface area contributed by atoms with Gasteiger partial charge < -0.3 is 9.63 Å². The number of nitrogens with zero attached hydrogens (tertiary/aromatic N) is 2. The van der Waals surface area contributed by atoms with Crippen LogP contribution in [0.4, 0.5) is 17.6 Å². The van der Waals surface area contributed by atoms with Gasteiger partial charge in [-0.2, -0.15) is 18.2 Å². The van der Waals surface area contributed by atoms with E-state index in [1.165, 1.54) is 43.3 Å². The minimum absolute atomic E-state index is 0.0476. The Balaban J connectivity index is 1.54. The van der Waals surface area contributed by atoms with Crippen molar-refractivity contribution in [3.05, 3.63) is 94.6 Å². The number of aryl methyl sites for hydroxylation is 1. The molecule has 8 heteroatoms. The number of aliphatic hydroxyl groups excluding tert-OH is 1. The van der Waals surface area contributed by atoms with Crippen LogP contribution in [0.5, 0.6) is 0 Å². The molecular formula is C25H18F4N2O2. The summed E-state index contributed by atoms with van der Waals surface area (Å²) < 4.78 is 58.6. The first-order valence-electron chi connectivity index (χ1n) is 9.94. The summed E-state index contributed by atoms with van der Waals surface area (Å²) in [5.41, 5.74) is 2.19. The highest BCUT2D eigenvalue weighted by atomic mass is 19.4. The maximum atomic E-state index is 14.8. The van der Waals surface area contributed by atoms with E-state index in [9.17, 15) is 22.7 Å². The van der Waals surface area contributed by atoms with Crippen molar-refractivity contribution in [2.24, 2.45) is 0 Å². The summed E-state index contributed by atoms with van der Waals surface area (Å²) in [6, 6.07) is 15.5. The van der Waals surface area contributed by atoms with Gasteiger partial charge in [0, 0.05) is 6.08 Å². The van der Waals surface area contributed by atoms with Crippen LogP contribution in [0.1, 0.15) is 28.1 Å². The lowest BCUT2D eigenvalue weighted by Gasteiger charge is -2.10. The number of hydrogen-bond acceptors (Lipinski definition) is 4. The maximum absolute atomic E-state index is 14.8. The van der Waals surface area contributed by atoms with Gasteiger partial charge in [-0.1, -0.05) is 41.6 Å². The molecule has 1 N–H and O–H groups in total. The molecule has 33 heavy (non-hydrogen) atoms. The zero-order chi connectivity index (χ0) is 23.6. The molecule has 0 saturated heterocycles. The lowest BCUT2D eigenvalue weighted by molar-refractivity contribution is -0.138. The van der Waals surface area contributed by atoms with E-state index in [2.05, 4.69) is 10.1 Å². The fourth-order valence-electron chi connectivity index (χ4n) is 3.41. The van der Waals surface area contributed by atoms with Crippen LogP contribution in [0.3, 0.4) is 0 Å². The Bertz CT molecular complexity index is 1330. The second-order valence-corrected chi connectivity index (χ2v) is 7.41. The molecule has 0 amide bonds. The predicted octanol–water partition coefficient (Wildman–Crippen LogP) is 6.53. The van der Waals surface area contributed by atoms with Crippen LogP contribution in [-0.2, 0) is 12.8 Å². The highest BCUT2D eigenvalue weighted by Crippen LogP contribution is 2.32. The first-order valence-corrected chi connectivity index (χ1v) is 9.94. The van der Waals surface area contributed by atoms with E-state index in [-0.39, 0.29) is 29.4 Å². The van der Waals surface area contributed by atoms with Crippen LogP contribution < -0.4 is 0 Å². The Morgan fingerprint density at radius 1 is 0.970 bits per heavy atom. The van der Waals surface area contributed by atoms with Gasteiger partial charge >= 0.3 is 6.18 Å². The Morgan fingerprint density at radius 3 is 2.45 bits per heavy atom. The number of benzene rings is 3. The second kappa shape index (κ2) is 8.99. The molecule has 4 aromatic rings. The van der Waals surface area contributed by atoms with Crippen molar-refractivity contribution in [2.75, 3.05) is 0 Å². The molecule has 168 valence electrons. The number of rotatable bonds is 5. The summed E-state index contributed by atoms with van der Waals surface area (Å²) in [4.78, 5) is 4.15. The molecule has 4 nitrogen and oxygen atoms in total. The summed E-state index contributed by atoms with van der Waals surface area (Å²) in [7, 11) is 0. The minimum Gasteiger partial charge on any atom is -0.392 e. The topological polar surface area (TPSA) is 59.2 Å². The van der Waals surface area contributed by atoms with Crippen LogP contribution in [0.15, 0.2) is 65.2 Å². The monoisotopic (exact) mass is 454 g/mol. The second-order valence-electron chi connectivity index (χ2n) is 7.41. The molecule has 1 aromatic heterocycles. The van der Waals surface area contributed by atoms with E-state index >= 15 is 0 Å². The Kier molecular flexibility index (Phi) is 6.11. The van der Waals surface area contributed by atoms with Crippen molar-refractivity contribution in [1.29, 1.82) is 0 Å². The molecule has 0 atom stereocenters. The Morgan fingerprint density at radius 2 is 1.76 bits per heavy atom.